The van der Waals surface area contributed by atoms with Gasteiger partial charge in [0.15, 0.2) is 11.5 Å². The van der Waals surface area contributed by atoms with Gasteiger partial charge in [-0.2, -0.15) is 8.78 Å². The van der Waals surface area contributed by atoms with E-state index in [1.165, 1.54) is 24.5 Å². The standard InChI is InChI=1S/C14H16F2N2O2S/c1-7(2)13-18-11(12(17)21-13)8-4-5-9(19-3)10(6-8)20-14(15)16/h4-7,14H,17H2,1-3H3. The van der Waals surface area contributed by atoms with Gasteiger partial charge in [-0.25, -0.2) is 4.98 Å². The van der Waals surface area contributed by atoms with Crippen LogP contribution in [0.2, 0.25) is 0 Å². The smallest absolute Gasteiger partial charge is 0.387 e. The maximum atomic E-state index is 12.4. The Morgan fingerprint density at radius 3 is 2.48 bits per heavy atom. The highest BCUT2D eigenvalue weighted by Crippen LogP contribution is 2.38. The van der Waals surface area contributed by atoms with E-state index in [4.69, 9.17) is 10.5 Å². The maximum Gasteiger partial charge on any atom is 0.387 e. The topological polar surface area (TPSA) is 57.4 Å². The number of hydrogen-bond donors (Lipinski definition) is 1. The van der Waals surface area contributed by atoms with Crippen molar-refractivity contribution in [2.75, 3.05) is 12.8 Å². The average Bonchev–Trinajstić information content (AvgIpc) is 2.80. The molecule has 0 fully saturated rings. The molecule has 2 aromatic rings. The Kier molecular flexibility index (Phi) is 4.62. The summed E-state index contributed by atoms with van der Waals surface area (Å²) in [7, 11) is 1.39. The maximum absolute atomic E-state index is 12.4. The lowest BCUT2D eigenvalue weighted by molar-refractivity contribution is -0.0511. The molecule has 0 radical (unpaired) electrons. The molecule has 0 unspecified atom stereocenters. The third kappa shape index (κ3) is 3.41. The van der Waals surface area contributed by atoms with E-state index in [0.717, 1.165) is 5.01 Å². The highest BCUT2D eigenvalue weighted by Gasteiger charge is 2.16. The molecule has 21 heavy (non-hydrogen) atoms. The quantitative estimate of drug-likeness (QED) is 0.901. The van der Waals surface area contributed by atoms with Crippen LogP contribution in [0.4, 0.5) is 13.8 Å². The van der Waals surface area contributed by atoms with Crippen molar-refractivity contribution < 1.29 is 18.3 Å². The molecule has 2 N–H and O–H groups in total. The number of nitrogens with zero attached hydrogens (tertiary/aromatic N) is 1. The van der Waals surface area contributed by atoms with Crippen LogP contribution in [0.15, 0.2) is 18.2 Å². The van der Waals surface area contributed by atoms with Crippen LogP contribution in [-0.2, 0) is 0 Å². The number of halogens is 2. The number of nitrogen functional groups attached to an aromatic ring is 1. The van der Waals surface area contributed by atoms with Crippen LogP contribution in [0.3, 0.4) is 0 Å². The minimum absolute atomic E-state index is 0.0384. The van der Waals surface area contributed by atoms with Gasteiger partial charge in [-0.3, -0.25) is 0 Å². The molecule has 4 nitrogen and oxygen atoms in total. The van der Waals surface area contributed by atoms with Crippen LogP contribution in [0.25, 0.3) is 11.3 Å². The van der Waals surface area contributed by atoms with Gasteiger partial charge in [0.2, 0.25) is 0 Å². The number of benzene rings is 1. The number of hydrogen-bond acceptors (Lipinski definition) is 5. The second kappa shape index (κ2) is 6.26. The largest absolute Gasteiger partial charge is 0.493 e. The summed E-state index contributed by atoms with van der Waals surface area (Å²) < 4.78 is 34.4. The van der Waals surface area contributed by atoms with Crippen LogP contribution in [0.5, 0.6) is 11.5 Å². The fraction of sp³-hybridized carbons (Fsp3) is 0.357. The Morgan fingerprint density at radius 2 is 1.95 bits per heavy atom. The van der Waals surface area contributed by atoms with Gasteiger partial charge in [-0.15, -0.1) is 11.3 Å². The molecule has 1 aromatic carbocycles. The van der Waals surface area contributed by atoms with Crippen molar-refractivity contribution in [2.24, 2.45) is 0 Å². The first kappa shape index (κ1) is 15.5. The van der Waals surface area contributed by atoms with E-state index in [1.807, 2.05) is 13.8 Å². The molecule has 0 atom stereocenters. The fourth-order valence-electron chi connectivity index (χ4n) is 1.81. The van der Waals surface area contributed by atoms with Gasteiger partial charge in [-0.1, -0.05) is 13.8 Å². The molecule has 2 rings (SSSR count). The fourth-order valence-corrected chi connectivity index (χ4v) is 2.67. The van der Waals surface area contributed by atoms with Gasteiger partial charge < -0.3 is 15.2 Å². The predicted octanol–water partition coefficient (Wildman–Crippen LogP) is 4.13. The second-order valence-corrected chi connectivity index (χ2v) is 5.73. The first-order valence-electron chi connectivity index (χ1n) is 6.31. The van der Waals surface area contributed by atoms with Crippen molar-refractivity contribution in [2.45, 2.75) is 26.4 Å². The summed E-state index contributed by atoms with van der Waals surface area (Å²) in [6, 6.07) is 4.73. The first-order valence-corrected chi connectivity index (χ1v) is 7.13. The summed E-state index contributed by atoms with van der Waals surface area (Å²) in [6.45, 7) is 1.11. The number of nitrogens with two attached hydrogens (primary N) is 1. The van der Waals surface area contributed by atoms with Crippen molar-refractivity contribution in [3.05, 3.63) is 23.2 Å². The molecule has 0 saturated carbocycles. The van der Waals surface area contributed by atoms with Crippen LogP contribution >= 0.6 is 11.3 Å². The Bertz CT molecular complexity index is 629. The lowest BCUT2D eigenvalue weighted by Gasteiger charge is -2.11. The molecule has 114 valence electrons. The number of ether oxygens (including phenoxy) is 2. The minimum Gasteiger partial charge on any atom is -0.493 e. The van der Waals surface area contributed by atoms with Gasteiger partial charge in [-0.05, 0) is 18.2 Å². The zero-order valence-electron chi connectivity index (χ0n) is 11.9. The van der Waals surface area contributed by atoms with Crippen LogP contribution in [0.1, 0.15) is 24.8 Å². The highest BCUT2D eigenvalue weighted by atomic mass is 32.1. The summed E-state index contributed by atoms with van der Waals surface area (Å²) in [5.41, 5.74) is 7.16. The average molecular weight is 314 g/mol. The van der Waals surface area contributed by atoms with Gasteiger partial charge in [0.1, 0.15) is 10.7 Å². The Labute approximate surface area is 125 Å². The van der Waals surface area contributed by atoms with E-state index in [-0.39, 0.29) is 17.4 Å². The van der Waals surface area contributed by atoms with Crippen molar-refractivity contribution in [1.82, 2.24) is 4.98 Å². The van der Waals surface area contributed by atoms with Crippen LogP contribution in [-0.4, -0.2) is 18.7 Å². The zero-order valence-corrected chi connectivity index (χ0v) is 12.7. The molecular weight excluding hydrogens is 298 g/mol. The van der Waals surface area contributed by atoms with Gasteiger partial charge in [0.25, 0.3) is 0 Å². The molecule has 1 heterocycles. The lowest BCUT2D eigenvalue weighted by Crippen LogP contribution is -2.03. The molecule has 0 aliphatic carbocycles. The van der Waals surface area contributed by atoms with Gasteiger partial charge in [0, 0.05) is 11.5 Å². The zero-order chi connectivity index (χ0) is 15.6. The number of methoxy groups -OCH3 is 1. The van der Waals surface area contributed by atoms with Crippen molar-refractivity contribution in [3.8, 4) is 22.8 Å². The second-order valence-electron chi connectivity index (χ2n) is 4.66. The van der Waals surface area contributed by atoms with Gasteiger partial charge in [0.05, 0.1) is 12.1 Å². The Balaban J connectivity index is 2.44. The molecule has 0 amide bonds. The number of aromatic nitrogens is 1. The van der Waals surface area contributed by atoms with Crippen molar-refractivity contribution >= 4 is 16.3 Å². The van der Waals surface area contributed by atoms with E-state index < -0.39 is 6.61 Å². The molecule has 0 spiro atoms. The van der Waals surface area contributed by atoms with Crippen LogP contribution in [0, 0.1) is 0 Å². The third-order valence-electron chi connectivity index (χ3n) is 2.82. The number of anilines is 1. The molecule has 7 heteroatoms. The number of alkyl halides is 2. The Morgan fingerprint density at radius 1 is 1.24 bits per heavy atom. The molecule has 0 aliphatic rings. The minimum atomic E-state index is -2.92. The van der Waals surface area contributed by atoms with Crippen molar-refractivity contribution in [1.29, 1.82) is 0 Å². The first-order chi connectivity index (χ1) is 9.92. The SMILES string of the molecule is COc1ccc(-c2nc(C(C)C)sc2N)cc1OC(F)F. The van der Waals surface area contributed by atoms with Crippen molar-refractivity contribution in [3.63, 3.8) is 0 Å². The summed E-state index contributed by atoms with van der Waals surface area (Å²) >= 11 is 1.39. The van der Waals surface area contributed by atoms with Gasteiger partial charge >= 0.3 is 6.61 Å². The van der Waals surface area contributed by atoms with E-state index in [9.17, 15) is 8.78 Å². The normalized spacial score (nSPS) is 11.2. The van der Waals surface area contributed by atoms with E-state index in [0.29, 0.717) is 16.3 Å². The van der Waals surface area contributed by atoms with E-state index in [2.05, 4.69) is 9.72 Å². The van der Waals surface area contributed by atoms with Crippen LogP contribution < -0.4 is 15.2 Å². The molecule has 0 bridgehead atoms. The summed E-state index contributed by atoms with van der Waals surface area (Å²) in [5, 5.41) is 1.45. The van der Waals surface area contributed by atoms with E-state index in [1.54, 1.807) is 12.1 Å². The number of thiazole rings is 1. The van der Waals surface area contributed by atoms with E-state index >= 15 is 0 Å². The molecule has 0 saturated heterocycles. The monoisotopic (exact) mass is 314 g/mol. The lowest BCUT2D eigenvalue weighted by atomic mass is 10.1. The summed E-state index contributed by atoms with van der Waals surface area (Å²) in [5.74, 6) is 0.446. The molecule has 1 aromatic heterocycles. The predicted molar refractivity (Wildman–Crippen MR) is 79.2 cm³/mol. The summed E-state index contributed by atoms with van der Waals surface area (Å²) in [6.07, 6.45) is 0. The Hall–Kier alpha value is -1.89. The molecular formula is C14H16F2N2O2S. The highest BCUT2D eigenvalue weighted by molar-refractivity contribution is 7.16. The number of rotatable bonds is 5. The third-order valence-corrected chi connectivity index (χ3v) is 4.00. The summed E-state index contributed by atoms with van der Waals surface area (Å²) in [4.78, 5) is 4.46. The molecule has 0 aliphatic heterocycles.